The molecular weight excluding hydrogens is 202 g/mol. The van der Waals surface area contributed by atoms with Gasteiger partial charge in [-0.3, -0.25) is 0 Å². The molecule has 0 radical (unpaired) electrons. The predicted molar refractivity (Wildman–Crippen MR) is 58.7 cm³/mol. The Balaban J connectivity index is 2.00. The molecule has 1 aliphatic rings. The van der Waals surface area contributed by atoms with E-state index < -0.39 is 0 Å². The number of hydrogen-bond donors (Lipinski definition) is 0. The molecule has 0 amide bonds. The van der Waals surface area contributed by atoms with Gasteiger partial charge in [0, 0.05) is 35.6 Å². The van der Waals surface area contributed by atoms with Gasteiger partial charge in [0.2, 0.25) is 5.13 Å². The Hall–Kier alpha value is -0.290. The van der Waals surface area contributed by atoms with E-state index in [1.54, 1.807) is 6.33 Å². The molecule has 1 aromatic rings. The summed E-state index contributed by atoms with van der Waals surface area (Å²) >= 11 is 3.55. The van der Waals surface area contributed by atoms with Gasteiger partial charge in [-0.15, -0.1) is 0 Å². The fourth-order valence-electron chi connectivity index (χ4n) is 1.39. The molecule has 0 spiro atoms. The van der Waals surface area contributed by atoms with E-state index >= 15 is 0 Å². The second-order valence-corrected chi connectivity index (χ2v) is 5.49. The summed E-state index contributed by atoms with van der Waals surface area (Å²) < 4.78 is 4.03. The molecule has 1 unspecified atom stereocenters. The van der Waals surface area contributed by atoms with Crippen molar-refractivity contribution >= 4 is 28.4 Å². The lowest BCUT2D eigenvalue weighted by molar-refractivity contribution is 0.761. The lowest BCUT2D eigenvalue weighted by Crippen LogP contribution is -2.25. The molecule has 0 aliphatic carbocycles. The molecule has 2 heterocycles. The molecule has 3 nitrogen and oxygen atoms in total. The Morgan fingerprint density at radius 1 is 1.54 bits per heavy atom. The van der Waals surface area contributed by atoms with Gasteiger partial charge in [0.25, 0.3) is 0 Å². The molecule has 0 saturated carbocycles. The quantitative estimate of drug-likeness (QED) is 0.715. The Labute approximate surface area is 86.7 Å². The van der Waals surface area contributed by atoms with E-state index in [1.807, 2.05) is 0 Å². The third-order valence-electron chi connectivity index (χ3n) is 2.19. The maximum atomic E-state index is 4.23. The van der Waals surface area contributed by atoms with Crippen molar-refractivity contribution in [1.29, 1.82) is 0 Å². The minimum absolute atomic E-state index is 0.790. The smallest absolute Gasteiger partial charge is 0.204 e. The zero-order valence-corrected chi connectivity index (χ0v) is 9.27. The summed E-state index contributed by atoms with van der Waals surface area (Å²) in [5, 5.41) is 1.87. The van der Waals surface area contributed by atoms with E-state index in [0.29, 0.717) is 0 Å². The minimum atomic E-state index is 0.790. The fourth-order valence-corrected chi connectivity index (χ4v) is 2.98. The standard InChI is InChI=1S/C8H13N3S2/c1-7-2-3-11(4-5-12-7)8-9-6-10-13-8/h6-7H,2-5H2,1H3. The van der Waals surface area contributed by atoms with Gasteiger partial charge in [-0.05, 0) is 6.42 Å². The van der Waals surface area contributed by atoms with Crippen LogP contribution in [0.5, 0.6) is 0 Å². The van der Waals surface area contributed by atoms with Gasteiger partial charge in [0.1, 0.15) is 6.33 Å². The van der Waals surface area contributed by atoms with Crippen molar-refractivity contribution in [3.05, 3.63) is 6.33 Å². The Bertz CT molecular complexity index is 250. The summed E-state index contributed by atoms with van der Waals surface area (Å²) in [5.41, 5.74) is 0. The van der Waals surface area contributed by atoms with Crippen LogP contribution in [0.3, 0.4) is 0 Å². The van der Waals surface area contributed by atoms with Gasteiger partial charge < -0.3 is 4.90 Å². The van der Waals surface area contributed by atoms with E-state index in [2.05, 4.69) is 32.9 Å². The molecule has 72 valence electrons. The first kappa shape index (κ1) is 9.27. The molecule has 13 heavy (non-hydrogen) atoms. The van der Waals surface area contributed by atoms with Crippen LogP contribution < -0.4 is 4.90 Å². The SMILES string of the molecule is CC1CCN(c2ncns2)CCS1. The number of rotatable bonds is 1. The Morgan fingerprint density at radius 2 is 2.46 bits per heavy atom. The molecule has 0 aromatic carbocycles. The van der Waals surface area contributed by atoms with Crippen molar-refractivity contribution in [2.75, 3.05) is 23.7 Å². The summed E-state index contributed by atoms with van der Waals surface area (Å²) in [5.74, 6) is 1.21. The van der Waals surface area contributed by atoms with Crippen molar-refractivity contribution < 1.29 is 0 Å². The molecule has 1 atom stereocenters. The highest BCUT2D eigenvalue weighted by Gasteiger charge is 2.15. The van der Waals surface area contributed by atoms with Gasteiger partial charge >= 0.3 is 0 Å². The number of nitrogens with zero attached hydrogens (tertiary/aromatic N) is 3. The van der Waals surface area contributed by atoms with E-state index in [1.165, 1.54) is 23.7 Å². The highest BCUT2D eigenvalue weighted by molar-refractivity contribution is 7.99. The van der Waals surface area contributed by atoms with E-state index in [9.17, 15) is 0 Å². The van der Waals surface area contributed by atoms with E-state index in [4.69, 9.17) is 0 Å². The first-order valence-electron chi connectivity index (χ1n) is 4.49. The van der Waals surface area contributed by atoms with Crippen molar-refractivity contribution in [1.82, 2.24) is 9.36 Å². The number of anilines is 1. The fraction of sp³-hybridized carbons (Fsp3) is 0.750. The van der Waals surface area contributed by atoms with Crippen LogP contribution in [-0.4, -0.2) is 33.4 Å². The molecule has 1 aromatic heterocycles. The summed E-state index contributed by atoms with van der Waals surface area (Å²) in [4.78, 5) is 6.57. The topological polar surface area (TPSA) is 29.0 Å². The van der Waals surface area contributed by atoms with Crippen LogP contribution in [0.4, 0.5) is 5.13 Å². The van der Waals surface area contributed by atoms with Crippen molar-refractivity contribution in [2.45, 2.75) is 18.6 Å². The molecule has 2 rings (SSSR count). The molecular formula is C8H13N3S2. The second-order valence-electron chi connectivity index (χ2n) is 3.18. The van der Waals surface area contributed by atoms with Gasteiger partial charge in [0.15, 0.2) is 0 Å². The van der Waals surface area contributed by atoms with Crippen molar-refractivity contribution in [3.8, 4) is 0 Å². The van der Waals surface area contributed by atoms with Gasteiger partial charge in [-0.1, -0.05) is 6.92 Å². The van der Waals surface area contributed by atoms with Gasteiger partial charge in [-0.2, -0.15) is 16.1 Å². The molecule has 1 aliphatic heterocycles. The third-order valence-corrected chi connectivity index (χ3v) is 4.14. The first-order chi connectivity index (χ1) is 6.36. The lowest BCUT2D eigenvalue weighted by atomic mass is 10.3. The zero-order valence-electron chi connectivity index (χ0n) is 7.64. The van der Waals surface area contributed by atoms with Crippen LogP contribution in [0.2, 0.25) is 0 Å². The van der Waals surface area contributed by atoms with Crippen LogP contribution in [0, 0.1) is 0 Å². The van der Waals surface area contributed by atoms with Crippen molar-refractivity contribution in [3.63, 3.8) is 0 Å². The molecule has 0 bridgehead atoms. The maximum Gasteiger partial charge on any atom is 0.204 e. The molecule has 1 saturated heterocycles. The number of thioether (sulfide) groups is 1. The monoisotopic (exact) mass is 215 g/mol. The predicted octanol–water partition coefficient (Wildman–Crippen LogP) is 1.87. The first-order valence-corrected chi connectivity index (χ1v) is 6.31. The Morgan fingerprint density at radius 3 is 3.23 bits per heavy atom. The Kier molecular flexibility index (Phi) is 3.05. The van der Waals surface area contributed by atoms with Crippen molar-refractivity contribution in [2.24, 2.45) is 0 Å². The third kappa shape index (κ3) is 2.34. The molecule has 5 heteroatoms. The molecule has 1 fully saturated rings. The van der Waals surface area contributed by atoms with E-state index in [-0.39, 0.29) is 0 Å². The van der Waals surface area contributed by atoms with Crippen LogP contribution in [0.15, 0.2) is 6.33 Å². The zero-order chi connectivity index (χ0) is 9.10. The maximum absolute atomic E-state index is 4.23. The molecule has 0 N–H and O–H groups in total. The largest absolute Gasteiger partial charge is 0.346 e. The summed E-state index contributed by atoms with van der Waals surface area (Å²) in [6.07, 6.45) is 2.89. The van der Waals surface area contributed by atoms with Crippen LogP contribution >= 0.6 is 23.3 Å². The van der Waals surface area contributed by atoms with Gasteiger partial charge in [0.05, 0.1) is 0 Å². The normalized spacial score (nSPS) is 24.4. The highest BCUT2D eigenvalue weighted by atomic mass is 32.2. The summed E-state index contributed by atoms with van der Waals surface area (Å²) in [7, 11) is 0. The van der Waals surface area contributed by atoms with E-state index in [0.717, 1.165) is 23.5 Å². The summed E-state index contributed by atoms with van der Waals surface area (Å²) in [6, 6.07) is 0. The second kappa shape index (κ2) is 4.28. The average Bonchev–Trinajstić information content (AvgIpc) is 2.56. The van der Waals surface area contributed by atoms with Crippen LogP contribution in [0.25, 0.3) is 0 Å². The minimum Gasteiger partial charge on any atom is -0.346 e. The van der Waals surface area contributed by atoms with Crippen LogP contribution in [-0.2, 0) is 0 Å². The van der Waals surface area contributed by atoms with Gasteiger partial charge in [-0.25, -0.2) is 4.98 Å². The number of aromatic nitrogens is 2. The number of hydrogen-bond acceptors (Lipinski definition) is 5. The lowest BCUT2D eigenvalue weighted by Gasteiger charge is -2.17. The highest BCUT2D eigenvalue weighted by Crippen LogP contribution is 2.23. The average molecular weight is 215 g/mol. The van der Waals surface area contributed by atoms with Crippen LogP contribution in [0.1, 0.15) is 13.3 Å². The summed E-state index contributed by atoms with van der Waals surface area (Å²) in [6.45, 7) is 4.54.